The summed E-state index contributed by atoms with van der Waals surface area (Å²) in [6.07, 6.45) is 5.52. The molecule has 2 aromatic rings. The largest absolute Gasteiger partial charge is 0.414 e. The molecule has 17 heavy (non-hydrogen) atoms. The maximum Gasteiger partial charge on any atom is 0.396 e. The molecular formula is C13H15NO2S. The number of hydrogen-bond donors (Lipinski definition) is 1. The summed E-state index contributed by atoms with van der Waals surface area (Å²) in [6, 6.07) is 5.89. The SMILES string of the molecule is NC1(c2cccc3sc(=O)oc23)CCCCC1. The van der Waals surface area contributed by atoms with Crippen LogP contribution in [0, 0.1) is 0 Å². The van der Waals surface area contributed by atoms with E-state index in [4.69, 9.17) is 10.2 Å². The summed E-state index contributed by atoms with van der Waals surface area (Å²) in [6.45, 7) is 0. The normalized spacial score (nSPS) is 19.6. The summed E-state index contributed by atoms with van der Waals surface area (Å²) in [4.78, 5) is 11.1. The van der Waals surface area contributed by atoms with Gasteiger partial charge < -0.3 is 10.2 Å². The number of nitrogens with two attached hydrogens (primary N) is 1. The molecule has 0 saturated heterocycles. The topological polar surface area (TPSA) is 56.2 Å². The van der Waals surface area contributed by atoms with Crippen molar-refractivity contribution < 1.29 is 4.42 Å². The molecule has 0 bridgehead atoms. The van der Waals surface area contributed by atoms with Gasteiger partial charge in [0.25, 0.3) is 0 Å². The van der Waals surface area contributed by atoms with Gasteiger partial charge in [-0.15, -0.1) is 0 Å². The Morgan fingerprint density at radius 3 is 2.76 bits per heavy atom. The predicted molar refractivity (Wildman–Crippen MR) is 69.3 cm³/mol. The zero-order valence-corrected chi connectivity index (χ0v) is 10.4. The molecule has 1 heterocycles. The third-order valence-corrected chi connectivity index (χ3v) is 4.43. The molecule has 1 aromatic carbocycles. The Labute approximate surface area is 103 Å². The summed E-state index contributed by atoms with van der Waals surface area (Å²) >= 11 is 1.15. The average Bonchev–Trinajstić information content (AvgIpc) is 2.69. The fourth-order valence-electron chi connectivity index (χ4n) is 2.74. The highest BCUT2D eigenvalue weighted by Gasteiger charge is 2.32. The van der Waals surface area contributed by atoms with Crippen LogP contribution in [0.5, 0.6) is 0 Å². The van der Waals surface area contributed by atoms with Crippen molar-refractivity contribution in [3.63, 3.8) is 0 Å². The standard InChI is InChI=1S/C13H15NO2S/c14-13(7-2-1-3-8-13)9-5-4-6-10-11(9)16-12(15)17-10/h4-6H,1-3,7-8,14H2. The van der Waals surface area contributed by atoms with Crippen molar-refractivity contribution >= 4 is 21.6 Å². The maximum atomic E-state index is 11.3. The minimum atomic E-state index is -0.311. The summed E-state index contributed by atoms with van der Waals surface area (Å²) in [5.41, 5.74) is 7.90. The minimum absolute atomic E-state index is 0.244. The fraction of sp³-hybridized carbons (Fsp3) is 0.462. The second-order valence-electron chi connectivity index (χ2n) is 4.80. The molecule has 1 saturated carbocycles. The van der Waals surface area contributed by atoms with Crippen LogP contribution in [0.25, 0.3) is 10.3 Å². The number of para-hydroxylation sites is 1. The van der Waals surface area contributed by atoms with Crippen molar-refractivity contribution in [1.29, 1.82) is 0 Å². The van der Waals surface area contributed by atoms with Crippen LogP contribution in [-0.2, 0) is 5.54 Å². The summed E-state index contributed by atoms with van der Waals surface area (Å²) < 4.78 is 6.21. The Morgan fingerprint density at radius 1 is 1.24 bits per heavy atom. The first-order valence-corrected chi connectivity index (χ1v) is 6.83. The van der Waals surface area contributed by atoms with Crippen molar-refractivity contribution in [2.24, 2.45) is 5.73 Å². The lowest BCUT2D eigenvalue weighted by molar-refractivity contribution is 0.301. The fourth-order valence-corrected chi connectivity index (χ4v) is 3.43. The Hall–Kier alpha value is -1.13. The smallest absolute Gasteiger partial charge is 0.396 e. The van der Waals surface area contributed by atoms with E-state index in [1.807, 2.05) is 18.2 Å². The Kier molecular flexibility index (Phi) is 2.56. The van der Waals surface area contributed by atoms with Gasteiger partial charge in [-0.25, -0.2) is 4.79 Å². The Bertz CT molecular complexity index is 593. The van der Waals surface area contributed by atoms with E-state index in [-0.39, 0.29) is 10.5 Å². The molecule has 0 amide bonds. The third-order valence-electron chi connectivity index (χ3n) is 3.64. The van der Waals surface area contributed by atoms with Crippen LogP contribution in [0.2, 0.25) is 0 Å². The van der Waals surface area contributed by atoms with Crippen molar-refractivity contribution in [3.8, 4) is 0 Å². The van der Waals surface area contributed by atoms with Crippen molar-refractivity contribution in [2.75, 3.05) is 0 Å². The lowest BCUT2D eigenvalue weighted by Gasteiger charge is -2.33. The molecule has 0 unspecified atom stereocenters. The summed E-state index contributed by atoms with van der Waals surface area (Å²) in [5.74, 6) is 0. The first-order chi connectivity index (χ1) is 8.19. The molecule has 0 atom stereocenters. The van der Waals surface area contributed by atoms with E-state index in [2.05, 4.69) is 0 Å². The Morgan fingerprint density at radius 2 is 2.00 bits per heavy atom. The Balaban J connectivity index is 2.18. The molecule has 1 aliphatic rings. The summed E-state index contributed by atoms with van der Waals surface area (Å²) in [5, 5.41) is 0. The number of rotatable bonds is 1. The van der Waals surface area contributed by atoms with Crippen molar-refractivity contribution in [1.82, 2.24) is 0 Å². The molecule has 0 spiro atoms. The third kappa shape index (κ3) is 1.81. The molecule has 4 heteroatoms. The van der Waals surface area contributed by atoms with Crippen LogP contribution >= 0.6 is 11.3 Å². The molecule has 3 nitrogen and oxygen atoms in total. The van der Waals surface area contributed by atoms with Gasteiger partial charge in [0.1, 0.15) is 0 Å². The molecule has 1 aromatic heterocycles. The zero-order chi connectivity index (χ0) is 11.9. The van der Waals surface area contributed by atoms with E-state index < -0.39 is 0 Å². The van der Waals surface area contributed by atoms with E-state index in [0.717, 1.165) is 47.3 Å². The molecule has 2 N–H and O–H groups in total. The monoisotopic (exact) mass is 249 g/mol. The minimum Gasteiger partial charge on any atom is -0.414 e. The highest BCUT2D eigenvalue weighted by molar-refractivity contribution is 7.16. The van der Waals surface area contributed by atoms with Gasteiger partial charge in [-0.05, 0) is 18.9 Å². The van der Waals surface area contributed by atoms with Crippen LogP contribution in [0.1, 0.15) is 37.7 Å². The lowest BCUT2D eigenvalue weighted by atomic mass is 9.77. The highest BCUT2D eigenvalue weighted by Crippen LogP contribution is 2.38. The van der Waals surface area contributed by atoms with Gasteiger partial charge in [-0.1, -0.05) is 42.7 Å². The molecule has 0 aliphatic heterocycles. The van der Waals surface area contributed by atoms with Gasteiger partial charge in [0.05, 0.1) is 4.70 Å². The number of fused-ring (bicyclic) bond motifs is 1. The quantitative estimate of drug-likeness (QED) is 0.845. The second-order valence-corrected chi connectivity index (χ2v) is 5.78. The maximum absolute atomic E-state index is 11.3. The lowest BCUT2D eigenvalue weighted by Crippen LogP contribution is -2.38. The highest BCUT2D eigenvalue weighted by atomic mass is 32.1. The number of hydrogen-bond acceptors (Lipinski definition) is 4. The molecule has 1 aliphatic carbocycles. The second kappa shape index (κ2) is 3.96. The molecule has 0 radical (unpaired) electrons. The molecule has 90 valence electrons. The van der Waals surface area contributed by atoms with Gasteiger partial charge in [-0.2, -0.15) is 0 Å². The van der Waals surface area contributed by atoms with Crippen LogP contribution in [0.3, 0.4) is 0 Å². The molecule has 3 rings (SSSR count). The number of benzene rings is 1. The molecular weight excluding hydrogens is 234 g/mol. The van der Waals surface area contributed by atoms with Crippen LogP contribution in [0.4, 0.5) is 0 Å². The zero-order valence-electron chi connectivity index (χ0n) is 9.57. The van der Waals surface area contributed by atoms with Crippen LogP contribution in [0.15, 0.2) is 27.4 Å². The van der Waals surface area contributed by atoms with Crippen LogP contribution < -0.4 is 10.7 Å². The van der Waals surface area contributed by atoms with Crippen molar-refractivity contribution in [3.05, 3.63) is 33.5 Å². The van der Waals surface area contributed by atoms with Gasteiger partial charge in [-0.3, -0.25) is 0 Å². The summed E-state index contributed by atoms with van der Waals surface area (Å²) in [7, 11) is 0. The van der Waals surface area contributed by atoms with Gasteiger partial charge in [0.15, 0.2) is 5.58 Å². The molecule has 1 fully saturated rings. The van der Waals surface area contributed by atoms with Crippen LogP contribution in [-0.4, -0.2) is 0 Å². The van der Waals surface area contributed by atoms with Crippen molar-refractivity contribution in [2.45, 2.75) is 37.6 Å². The van der Waals surface area contributed by atoms with E-state index in [1.165, 1.54) is 6.42 Å². The average molecular weight is 249 g/mol. The predicted octanol–water partition coefficient (Wildman–Crippen LogP) is 2.97. The first kappa shape index (κ1) is 11.0. The van der Waals surface area contributed by atoms with E-state index in [0.29, 0.717) is 5.58 Å². The van der Waals surface area contributed by atoms with Gasteiger partial charge in [0, 0.05) is 11.1 Å². The van der Waals surface area contributed by atoms with Gasteiger partial charge in [0.2, 0.25) is 0 Å². The van der Waals surface area contributed by atoms with Gasteiger partial charge >= 0.3 is 4.94 Å². The first-order valence-electron chi connectivity index (χ1n) is 6.01. The van der Waals surface area contributed by atoms with E-state index in [9.17, 15) is 4.79 Å². The van der Waals surface area contributed by atoms with E-state index >= 15 is 0 Å². The van der Waals surface area contributed by atoms with E-state index in [1.54, 1.807) is 0 Å².